The van der Waals surface area contributed by atoms with Gasteiger partial charge in [0.2, 0.25) is 5.13 Å². The molecule has 2 aromatic rings. The number of carboxylic acids is 1. The lowest BCUT2D eigenvalue weighted by Crippen LogP contribution is -2.29. The molecule has 0 unspecified atom stereocenters. The van der Waals surface area contributed by atoms with E-state index in [1.807, 2.05) is 13.8 Å². The standard InChI is InChI=1S/C17H16N4O3S2/c1-3-8-21-14(22)13(9-11-6-4-5-7-12(11)15(23)24)26-17(21)18-16-20-19-10(2)25-16/h4-7,9H,3,8H2,1-2H3,(H,23,24)/b13-9+,18-17+. The lowest BCUT2D eigenvalue weighted by Gasteiger charge is -2.13. The molecule has 0 atom stereocenters. The van der Waals surface area contributed by atoms with Crippen molar-refractivity contribution in [3.63, 3.8) is 0 Å². The number of aliphatic imine (C=N–C) groups is 1. The quantitative estimate of drug-likeness (QED) is 0.787. The Kier molecular flexibility index (Phi) is 5.48. The maximum atomic E-state index is 12.8. The summed E-state index contributed by atoms with van der Waals surface area (Å²) >= 11 is 2.57. The van der Waals surface area contributed by atoms with Crippen LogP contribution in [-0.4, -0.2) is 43.8 Å². The van der Waals surface area contributed by atoms with E-state index in [1.165, 1.54) is 29.2 Å². The molecule has 0 aliphatic carbocycles. The fourth-order valence-corrected chi connectivity index (χ4v) is 4.00. The monoisotopic (exact) mass is 388 g/mol. The number of amides is 1. The molecule has 0 saturated carbocycles. The molecular weight excluding hydrogens is 372 g/mol. The van der Waals surface area contributed by atoms with Crippen LogP contribution in [0.3, 0.4) is 0 Å². The third-order valence-electron chi connectivity index (χ3n) is 3.52. The average molecular weight is 388 g/mol. The molecule has 7 nitrogen and oxygen atoms in total. The molecule has 1 N–H and O–H groups in total. The zero-order chi connectivity index (χ0) is 18.7. The molecule has 9 heteroatoms. The van der Waals surface area contributed by atoms with Crippen molar-refractivity contribution in [3.8, 4) is 0 Å². The van der Waals surface area contributed by atoms with Crippen molar-refractivity contribution in [1.82, 2.24) is 15.1 Å². The molecule has 0 bridgehead atoms. The van der Waals surface area contributed by atoms with Gasteiger partial charge < -0.3 is 5.11 Å². The highest BCUT2D eigenvalue weighted by Gasteiger charge is 2.33. The molecule has 1 aromatic heterocycles. The molecule has 1 aliphatic heterocycles. The molecule has 1 saturated heterocycles. The van der Waals surface area contributed by atoms with Crippen LogP contribution >= 0.6 is 23.1 Å². The van der Waals surface area contributed by atoms with E-state index in [2.05, 4.69) is 15.2 Å². The first-order chi connectivity index (χ1) is 12.5. The zero-order valence-corrected chi connectivity index (χ0v) is 15.8. The van der Waals surface area contributed by atoms with Gasteiger partial charge in [-0.05, 0) is 42.8 Å². The maximum Gasteiger partial charge on any atom is 0.336 e. The van der Waals surface area contributed by atoms with E-state index in [-0.39, 0.29) is 11.5 Å². The Morgan fingerprint density at radius 1 is 1.35 bits per heavy atom. The van der Waals surface area contributed by atoms with Gasteiger partial charge in [0.05, 0.1) is 10.5 Å². The fraction of sp³-hybridized carbons (Fsp3) is 0.235. The van der Waals surface area contributed by atoms with Crippen molar-refractivity contribution in [2.45, 2.75) is 20.3 Å². The van der Waals surface area contributed by atoms with Gasteiger partial charge in [-0.3, -0.25) is 9.69 Å². The molecule has 0 radical (unpaired) electrons. The van der Waals surface area contributed by atoms with E-state index in [9.17, 15) is 14.7 Å². The van der Waals surface area contributed by atoms with Crippen molar-refractivity contribution >= 4 is 51.4 Å². The van der Waals surface area contributed by atoms with Crippen LogP contribution in [0.1, 0.15) is 34.3 Å². The van der Waals surface area contributed by atoms with E-state index in [1.54, 1.807) is 29.2 Å². The lowest BCUT2D eigenvalue weighted by molar-refractivity contribution is -0.122. The first-order valence-electron chi connectivity index (χ1n) is 7.92. The minimum Gasteiger partial charge on any atom is -0.478 e. The number of carbonyl (C=O) groups excluding carboxylic acids is 1. The number of hydrogen-bond donors (Lipinski definition) is 1. The van der Waals surface area contributed by atoms with Crippen molar-refractivity contribution in [1.29, 1.82) is 0 Å². The van der Waals surface area contributed by atoms with Crippen LogP contribution in [0.25, 0.3) is 6.08 Å². The van der Waals surface area contributed by atoms with E-state index in [0.29, 0.717) is 27.3 Å². The van der Waals surface area contributed by atoms with Crippen LogP contribution < -0.4 is 0 Å². The predicted octanol–water partition coefficient (Wildman–Crippen LogP) is 3.56. The van der Waals surface area contributed by atoms with Crippen molar-refractivity contribution in [3.05, 3.63) is 45.3 Å². The van der Waals surface area contributed by atoms with E-state index >= 15 is 0 Å². The molecule has 0 spiro atoms. The zero-order valence-electron chi connectivity index (χ0n) is 14.2. The Labute approximate surface area is 158 Å². The van der Waals surface area contributed by atoms with Gasteiger partial charge in [-0.2, -0.15) is 4.99 Å². The molecule has 1 fully saturated rings. The Bertz CT molecular complexity index is 920. The maximum absolute atomic E-state index is 12.8. The van der Waals surface area contributed by atoms with Gasteiger partial charge >= 0.3 is 5.97 Å². The highest BCUT2D eigenvalue weighted by molar-refractivity contribution is 8.18. The second-order valence-corrected chi connectivity index (χ2v) is 7.63. The van der Waals surface area contributed by atoms with Crippen LogP contribution in [0.5, 0.6) is 0 Å². The van der Waals surface area contributed by atoms with Crippen LogP contribution in [0.4, 0.5) is 5.13 Å². The number of nitrogens with zero attached hydrogens (tertiary/aromatic N) is 4. The Morgan fingerprint density at radius 3 is 2.77 bits per heavy atom. The molecule has 2 heterocycles. The summed E-state index contributed by atoms with van der Waals surface area (Å²) in [7, 11) is 0. The first kappa shape index (κ1) is 18.3. The van der Waals surface area contributed by atoms with Gasteiger partial charge in [0.15, 0.2) is 5.17 Å². The summed E-state index contributed by atoms with van der Waals surface area (Å²) in [4.78, 5) is 30.6. The summed E-state index contributed by atoms with van der Waals surface area (Å²) in [5.74, 6) is -1.21. The SMILES string of the molecule is CCCN1C(=O)/C(=C\c2ccccc2C(=O)O)S/C1=N/c1nnc(C)s1. The molecule has 1 amide bonds. The highest BCUT2D eigenvalue weighted by atomic mass is 32.2. The summed E-state index contributed by atoms with van der Waals surface area (Å²) in [6.45, 7) is 4.35. The minimum absolute atomic E-state index is 0.153. The third kappa shape index (κ3) is 3.83. The van der Waals surface area contributed by atoms with Gasteiger partial charge in [-0.1, -0.05) is 36.5 Å². The summed E-state index contributed by atoms with van der Waals surface area (Å²) in [6, 6.07) is 6.59. The van der Waals surface area contributed by atoms with E-state index < -0.39 is 5.97 Å². The molecule has 1 aromatic carbocycles. The smallest absolute Gasteiger partial charge is 0.336 e. The molecule has 3 rings (SSSR count). The van der Waals surface area contributed by atoms with Gasteiger partial charge in [0, 0.05) is 6.54 Å². The number of aryl methyl sites for hydroxylation is 1. The predicted molar refractivity (Wildman–Crippen MR) is 103 cm³/mol. The largest absolute Gasteiger partial charge is 0.478 e. The fourth-order valence-electron chi connectivity index (χ4n) is 2.38. The molecule has 26 heavy (non-hydrogen) atoms. The van der Waals surface area contributed by atoms with E-state index in [4.69, 9.17) is 0 Å². The van der Waals surface area contributed by atoms with Crippen LogP contribution in [0, 0.1) is 6.92 Å². The normalized spacial score (nSPS) is 17.5. The summed E-state index contributed by atoms with van der Waals surface area (Å²) in [5.41, 5.74) is 0.640. The van der Waals surface area contributed by atoms with Gasteiger partial charge in [-0.25, -0.2) is 4.79 Å². The number of benzene rings is 1. The number of carboxylic acid groups (broad SMARTS) is 1. The van der Waals surface area contributed by atoms with Crippen LogP contribution in [0.2, 0.25) is 0 Å². The van der Waals surface area contributed by atoms with Crippen molar-refractivity contribution in [2.24, 2.45) is 4.99 Å². The van der Waals surface area contributed by atoms with Gasteiger partial charge in [-0.15, -0.1) is 10.2 Å². The summed E-state index contributed by atoms with van der Waals surface area (Å²) < 4.78 is 0. The molecule has 134 valence electrons. The number of aromatic nitrogens is 2. The van der Waals surface area contributed by atoms with Gasteiger partial charge in [0.1, 0.15) is 5.01 Å². The lowest BCUT2D eigenvalue weighted by atomic mass is 10.1. The minimum atomic E-state index is -1.03. The number of thioether (sulfide) groups is 1. The number of hydrogen-bond acceptors (Lipinski definition) is 7. The Balaban J connectivity index is 1.98. The topological polar surface area (TPSA) is 95.8 Å². The first-order valence-corrected chi connectivity index (χ1v) is 9.55. The summed E-state index contributed by atoms with van der Waals surface area (Å²) in [5, 5.41) is 19.1. The van der Waals surface area contributed by atoms with Crippen LogP contribution in [-0.2, 0) is 4.79 Å². The van der Waals surface area contributed by atoms with Crippen molar-refractivity contribution < 1.29 is 14.7 Å². The number of aromatic carboxylic acids is 1. The number of carbonyl (C=O) groups is 2. The number of rotatable bonds is 5. The second kappa shape index (κ2) is 7.79. The molecule has 1 aliphatic rings. The Morgan fingerprint density at radius 2 is 2.12 bits per heavy atom. The molecular formula is C17H16N4O3S2. The average Bonchev–Trinajstić information content (AvgIpc) is 3.14. The van der Waals surface area contributed by atoms with Crippen LogP contribution in [0.15, 0.2) is 34.2 Å². The highest BCUT2D eigenvalue weighted by Crippen LogP contribution is 2.35. The van der Waals surface area contributed by atoms with Crippen molar-refractivity contribution in [2.75, 3.05) is 6.54 Å². The number of amidine groups is 1. The summed E-state index contributed by atoms with van der Waals surface area (Å²) in [6.07, 6.45) is 2.38. The van der Waals surface area contributed by atoms with Gasteiger partial charge in [0.25, 0.3) is 5.91 Å². The third-order valence-corrected chi connectivity index (χ3v) is 5.26. The Hall–Kier alpha value is -2.52. The second-order valence-electron chi connectivity index (χ2n) is 5.46. The van der Waals surface area contributed by atoms with E-state index in [0.717, 1.165) is 11.4 Å².